The van der Waals surface area contributed by atoms with E-state index in [-0.39, 0.29) is 5.41 Å². The van der Waals surface area contributed by atoms with E-state index in [2.05, 4.69) is 92.8 Å². The zero-order chi connectivity index (χ0) is 19.6. The second-order valence-electron chi connectivity index (χ2n) is 8.52. The molecule has 1 N–H and O–H groups in total. The quantitative estimate of drug-likeness (QED) is 0.418. The number of benzene rings is 3. The van der Waals surface area contributed by atoms with Crippen LogP contribution in [0.4, 0.5) is 11.4 Å². The summed E-state index contributed by atoms with van der Waals surface area (Å²) in [6, 6.07) is 24.4. The van der Waals surface area contributed by atoms with E-state index in [1.807, 2.05) is 0 Å². The predicted molar refractivity (Wildman–Crippen MR) is 122 cm³/mol. The van der Waals surface area contributed by atoms with Crippen LogP contribution < -0.4 is 5.32 Å². The Labute approximate surface area is 169 Å². The third-order valence-corrected chi connectivity index (χ3v) is 6.18. The maximum atomic E-state index is 3.71. The molecule has 1 nitrogen and oxygen atoms in total. The lowest BCUT2D eigenvalue weighted by Gasteiger charge is -2.22. The SMILES string of the molecule is CCCCCCc1ccccc1Nc1ccc2c(c1)C(C)(C)c1ccccc1-2. The smallest absolute Gasteiger partial charge is 0.0416 e. The van der Waals surface area contributed by atoms with Crippen molar-refractivity contribution in [3.8, 4) is 11.1 Å². The second-order valence-corrected chi connectivity index (χ2v) is 8.52. The molecule has 0 atom stereocenters. The fourth-order valence-corrected chi connectivity index (χ4v) is 4.54. The van der Waals surface area contributed by atoms with E-state index in [9.17, 15) is 0 Å². The molecule has 0 unspecified atom stereocenters. The van der Waals surface area contributed by atoms with Gasteiger partial charge >= 0.3 is 0 Å². The van der Waals surface area contributed by atoms with Crippen LogP contribution in [0.5, 0.6) is 0 Å². The Morgan fingerprint density at radius 1 is 0.750 bits per heavy atom. The average molecular weight is 370 g/mol. The maximum absolute atomic E-state index is 3.71. The summed E-state index contributed by atoms with van der Waals surface area (Å²) >= 11 is 0. The first-order valence-corrected chi connectivity index (χ1v) is 10.7. The third kappa shape index (κ3) is 3.46. The summed E-state index contributed by atoms with van der Waals surface area (Å²) < 4.78 is 0. The number of unbranched alkanes of at least 4 members (excludes halogenated alkanes) is 3. The van der Waals surface area contributed by atoms with Gasteiger partial charge in [-0.05, 0) is 58.9 Å². The molecule has 1 heteroatoms. The molecule has 1 aliphatic carbocycles. The van der Waals surface area contributed by atoms with Gasteiger partial charge in [0.1, 0.15) is 0 Å². The molecule has 0 fully saturated rings. The van der Waals surface area contributed by atoms with Crippen LogP contribution in [-0.2, 0) is 11.8 Å². The Bertz CT molecular complexity index is 968. The van der Waals surface area contributed by atoms with E-state index >= 15 is 0 Å². The number of rotatable bonds is 7. The summed E-state index contributed by atoms with van der Waals surface area (Å²) in [4.78, 5) is 0. The molecule has 0 saturated heterocycles. The predicted octanol–water partition coefficient (Wildman–Crippen LogP) is 7.86. The molecule has 4 rings (SSSR count). The second kappa shape index (κ2) is 7.83. The first-order chi connectivity index (χ1) is 13.6. The Morgan fingerprint density at radius 2 is 1.50 bits per heavy atom. The van der Waals surface area contributed by atoms with Crippen LogP contribution in [0.25, 0.3) is 11.1 Å². The van der Waals surface area contributed by atoms with Gasteiger partial charge in [-0.1, -0.05) is 88.6 Å². The lowest BCUT2D eigenvalue weighted by molar-refractivity contribution is 0.660. The van der Waals surface area contributed by atoms with Gasteiger partial charge in [0.25, 0.3) is 0 Å². The molecular formula is C27H31N. The van der Waals surface area contributed by atoms with Crippen molar-refractivity contribution in [3.63, 3.8) is 0 Å². The van der Waals surface area contributed by atoms with E-state index in [1.165, 1.54) is 64.9 Å². The molecule has 3 aromatic carbocycles. The zero-order valence-corrected chi connectivity index (χ0v) is 17.4. The van der Waals surface area contributed by atoms with Gasteiger partial charge in [-0.25, -0.2) is 0 Å². The molecule has 0 saturated carbocycles. The van der Waals surface area contributed by atoms with Crippen LogP contribution in [0.2, 0.25) is 0 Å². The van der Waals surface area contributed by atoms with Crippen molar-refractivity contribution in [1.29, 1.82) is 0 Å². The molecule has 144 valence electrons. The van der Waals surface area contributed by atoms with Crippen molar-refractivity contribution in [2.24, 2.45) is 0 Å². The number of fused-ring (bicyclic) bond motifs is 3. The number of hydrogen-bond acceptors (Lipinski definition) is 1. The van der Waals surface area contributed by atoms with Gasteiger partial charge < -0.3 is 5.32 Å². The summed E-state index contributed by atoms with van der Waals surface area (Å²) in [5.74, 6) is 0. The van der Waals surface area contributed by atoms with E-state index in [0.717, 1.165) is 6.42 Å². The van der Waals surface area contributed by atoms with E-state index in [4.69, 9.17) is 0 Å². The summed E-state index contributed by atoms with van der Waals surface area (Å²) in [6.07, 6.45) is 6.34. The van der Waals surface area contributed by atoms with Gasteiger partial charge in [0, 0.05) is 16.8 Å². The standard InChI is InChI=1S/C27H31N/c1-4-5-6-7-12-20-13-8-11-16-26(20)28-21-17-18-23-22-14-9-10-15-24(22)27(2,3)25(23)19-21/h8-11,13-19,28H,4-7,12H2,1-3H3. The summed E-state index contributed by atoms with van der Waals surface area (Å²) in [7, 11) is 0. The van der Waals surface area contributed by atoms with Gasteiger partial charge in [0.2, 0.25) is 0 Å². The Kier molecular flexibility index (Phi) is 5.26. The third-order valence-electron chi connectivity index (χ3n) is 6.18. The van der Waals surface area contributed by atoms with Gasteiger partial charge in [-0.15, -0.1) is 0 Å². The Hall–Kier alpha value is -2.54. The zero-order valence-electron chi connectivity index (χ0n) is 17.4. The van der Waals surface area contributed by atoms with Crippen LogP contribution in [0.15, 0.2) is 66.7 Å². The highest BCUT2D eigenvalue weighted by atomic mass is 14.9. The number of para-hydroxylation sites is 1. The summed E-state index contributed by atoms with van der Waals surface area (Å²) in [6.45, 7) is 6.94. The molecule has 0 radical (unpaired) electrons. The minimum Gasteiger partial charge on any atom is -0.355 e. The van der Waals surface area contributed by atoms with Gasteiger partial charge in [-0.2, -0.15) is 0 Å². The van der Waals surface area contributed by atoms with Crippen LogP contribution in [0.3, 0.4) is 0 Å². The molecule has 3 aromatic rings. The topological polar surface area (TPSA) is 12.0 Å². The molecule has 0 aromatic heterocycles. The van der Waals surface area contributed by atoms with Crippen molar-refractivity contribution in [1.82, 2.24) is 0 Å². The Balaban J connectivity index is 1.59. The molecule has 0 heterocycles. The lowest BCUT2D eigenvalue weighted by Crippen LogP contribution is -2.15. The largest absolute Gasteiger partial charge is 0.355 e. The summed E-state index contributed by atoms with van der Waals surface area (Å²) in [5, 5.41) is 3.71. The van der Waals surface area contributed by atoms with Crippen molar-refractivity contribution in [3.05, 3.63) is 83.4 Å². The van der Waals surface area contributed by atoms with Crippen molar-refractivity contribution in [2.45, 2.75) is 58.3 Å². The number of anilines is 2. The van der Waals surface area contributed by atoms with Gasteiger partial charge in [0.05, 0.1) is 0 Å². The minimum atomic E-state index is 0.0449. The monoisotopic (exact) mass is 369 g/mol. The van der Waals surface area contributed by atoms with Crippen molar-refractivity contribution in [2.75, 3.05) is 5.32 Å². The Morgan fingerprint density at radius 3 is 2.36 bits per heavy atom. The molecule has 28 heavy (non-hydrogen) atoms. The number of aryl methyl sites for hydroxylation is 1. The average Bonchev–Trinajstić information content (AvgIpc) is 2.94. The van der Waals surface area contributed by atoms with Crippen molar-refractivity contribution >= 4 is 11.4 Å². The molecule has 0 spiro atoms. The van der Waals surface area contributed by atoms with Crippen LogP contribution >= 0.6 is 0 Å². The fourth-order valence-electron chi connectivity index (χ4n) is 4.54. The highest BCUT2D eigenvalue weighted by molar-refractivity contribution is 5.83. The number of hydrogen-bond donors (Lipinski definition) is 1. The molecule has 0 amide bonds. The van der Waals surface area contributed by atoms with Crippen LogP contribution in [0.1, 0.15) is 63.1 Å². The van der Waals surface area contributed by atoms with E-state index in [0.29, 0.717) is 0 Å². The van der Waals surface area contributed by atoms with E-state index < -0.39 is 0 Å². The molecular weight excluding hydrogens is 338 g/mol. The highest BCUT2D eigenvalue weighted by Crippen LogP contribution is 2.49. The normalized spacial score (nSPS) is 13.8. The van der Waals surface area contributed by atoms with Crippen molar-refractivity contribution < 1.29 is 0 Å². The van der Waals surface area contributed by atoms with Crippen LogP contribution in [-0.4, -0.2) is 0 Å². The number of nitrogens with one attached hydrogen (secondary N) is 1. The van der Waals surface area contributed by atoms with Crippen LogP contribution in [0, 0.1) is 0 Å². The highest BCUT2D eigenvalue weighted by Gasteiger charge is 2.35. The first kappa shape index (κ1) is 18.8. The summed E-state index contributed by atoms with van der Waals surface area (Å²) in [5.41, 5.74) is 9.49. The molecule has 0 aliphatic heterocycles. The first-order valence-electron chi connectivity index (χ1n) is 10.7. The minimum absolute atomic E-state index is 0.0449. The van der Waals surface area contributed by atoms with Gasteiger partial charge in [-0.3, -0.25) is 0 Å². The van der Waals surface area contributed by atoms with Gasteiger partial charge in [0.15, 0.2) is 0 Å². The van der Waals surface area contributed by atoms with E-state index in [1.54, 1.807) is 0 Å². The fraction of sp³-hybridized carbons (Fsp3) is 0.333. The molecule has 0 bridgehead atoms. The molecule has 1 aliphatic rings. The lowest BCUT2D eigenvalue weighted by atomic mass is 9.82. The maximum Gasteiger partial charge on any atom is 0.0416 e.